The normalized spacial score (nSPS) is 37.5. The molecule has 3 fully saturated rings. The van der Waals surface area contributed by atoms with Crippen molar-refractivity contribution in [3.63, 3.8) is 0 Å². The van der Waals surface area contributed by atoms with Gasteiger partial charge in [0, 0.05) is 32.1 Å². The minimum atomic E-state index is -0.913. The molecule has 0 aromatic carbocycles. The summed E-state index contributed by atoms with van der Waals surface area (Å²) < 4.78 is 18.0. The number of ether oxygens (including phenoxy) is 3. The van der Waals surface area contributed by atoms with Crippen LogP contribution in [0.2, 0.25) is 0 Å². The van der Waals surface area contributed by atoms with E-state index in [0.29, 0.717) is 25.0 Å². The quantitative estimate of drug-likeness (QED) is 0.730. The number of hydrogen-bond acceptors (Lipinski definition) is 6. The van der Waals surface area contributed by atoms with Crippen LogP contribution in [-0.4, -0.2) is 48.1 Å². The molecule has 3 aliphatic rings. The van der Waals surface area contributed by atoms with Crippen molar-refractivity contribution in [3.8, 4) is 0 Å². The number of amides is 1. The topological polar surface area (TPSA) is 73.9 Å². The van der Waals surface area contributed by atoms with Crippen LogP contribution < -0.4 is 5.32 Å². The second-order valence-electron chi connectivity index (χ2n) is 7.62. The van der Waals surface area contributed by atoms with Crippen LogP contribution in [-0.2, 0) is 19.0 Å². The predicted molar refractivity (Wildman–Crippen MR) is 100 cm³/mol. The maximum atomic E-state index is 12.2. The maximum absolute atomic E-state index is 12.2. The molecule has 3 saturated heterocycles. The number of hydrogen-bond donors (Lipinski definition) is 1. The molecule has 26 heavy (non-hydrogen) atoms. The Kier molecular flexibility index (Phi) is 7.23. The summed E-state index contributed by atoms with van der Waals surface area (Å²) in [5.74, 6) is -0.424. The van der Waals surface area contributed by atoms with Crippen LogP contribution in [0.3, 0.4) is 0 Å². The monoisotopic (exact) mass is 385 g/mol. The lowest BCUT2D eigenvalue weighted by Crippen LogP contribution is -2.59. The van der Waals surface area contributed by atoms with E-state index < -0.39 is 5.79 Å². The van der Waals surface area contributed by atoms with E-state index in [1.54, 1.807) is 7.11 Å². The van der Waals surface area contributed by atoms with Crippen LogP contribution in [0.15, 0.2) is 0 Å². The number of rotatable bonds is 2. The Hall–Kier alpha value is -0.790. The SMILES string of the molecule is COC1(C2CSC(=O)N2)CC2C[C@@H](CCCCCCCCCC(=O)O2)O1. The van der Waals surface area contributed by atoms with Gasteiger partial charge in [-0.05, 0) is 12.8 Å². The lowest BCUT2D eigenvalue weighted by atomic mass is 9.91. The van der Waals surface area contributed by atoms with Gasteiger partial charge in [0.2, 0.25) is 0 Å². The molecule has 1 amide bonds. The van der Waals surface area contributed by atoms with E-state index in [0.717, 1.165) is 25.7 Å². The molecular formula is C19H31NO5S. The Balaban J connectivity index is 1.72. The van der Waals surface area contributed by atoms with E-state index in [9.17, 15) is 9.59 Å². The molecule has 3 aliphatic heterocycles. The molecular weight excluding hydrogens is 354 g/mol. The molecule has 0 aromatic heterocycles. The maximum Gasteiger partial charge on any atom is 0.306 e. The average Bonchev–Trinajstić information content (AvgIpc) is 3.06. The van der Waals surface area contributed by atoms with Crippen molar-refractivity contribution in [2.75, 3.05) is 12.9 Å². The summed E-state index contributed by atoms with van der Waals surface area (Å²) in [6.45, 7) is 0. The molecule has 3 unspecified atom stereocenters. The number of carbonyl (C=O) groups excluding carboxylic acids is 2. The second-order valence-corrected chi connectivity index (χ2v) is 8.61. The van der Waals surface area contributed by atoms with Crippen LogP contribution in [0.4, 0.5) is 4.79 Å². The van der Waals surface area contributed by atoms with E-state index in [2.05, 4.69) is 5.32 Å². The van der Waals surface area contributed by atoms with Crippen molar-refractivity contribution in [1.29, 1.82) is 0 Å². The van der Waals surface area contributed by atoms with Gasteiger partial charge in [-0.15, -0.1) is 0 Å². The summed E-state index contributed by atoms with van der Waals surface area (Å²) in [7, 11) is 1.62. The fourth-order valence-electron chi connectivity index (χ4n) is 4.23. The highest BCUT2D eigenvalue weighted by molar-refractivity contribution is 8.14. The molecule has 148 valence electrons. The molecule has 0 aliphatic carbocycles. The molecule has 1 N–H and O–H groups in total. The standard InChI is InChI=1S/C19H31NO5S/c1-23-19(16-13-26-18(22)20-16)12-15-11-14(25-19)9-7-5-3-2-4-6-8-10-17(21)24-15/h14-16H,2-13H2,1H3,(H,20,22)/t14-,15?,16?,19?/m1/s1. The number of methoxy groups -OCH3 is 1. The van der Waals surface area contributed by atoms with Crippen molar-refractivity contribution >= 4 is 23.0 Å². The Labute approximate surface area is 160 Å². The molecule has 0 saturated carbocycles. The van der Waals surface area contributed by atoms with Crippen molar-refractivity contribution in [2.24, 2.45) is 0 Å². The van der Waals surface area contributed by atoms with Gasteiger partial charge in [0.25, 0.3) is 5.24 Å². The number of thioether (sulfide) groups is 1. The van der Waals surface area contributed by atoms with Crippen LogP contribution in [0.5, 0.6) is 0 Å². The van der Waals surface area contributed by atoms with Crippen LogP contribution in [0.25, 0.3) is 0 Å². The smallest absolute Gasteiger partial charge is 0.306 e. The van der Waals surface area contributed by atoms with Crippen molar-refractivity contribution in [3.05, 3.63) is 0 Å². The van der Waals surface area contributed by atoms with Crippen LogP contribution in [0, 0.1) is 0 Å². The summed E-state index contributed by atoms with van der Waals surface area (Å²) in [5, 5.41) is 2.91. The lowest BCUT2D eigenvalue weighted by Gasteiger charge is -2.46. The van der Waals surface area contributed by atoms with Crippen LogP contribution in [0.1, 0.15) is 70.6 Å². The summed E-state index contributed by atoms with van der Waals surface area (Å²) >= 11 is 1.25. The van der Waals surface area contributed by atoms with Gasteiger partial charge in [-0.2, -0.15) is 0 Å². The minimum absolute atomic E-state index is 0.00746. The zero-order valence-electron chi connectivity index (χ0n) is 15.7. The minimum Gasteiger partial charge on any atom is -0.462 e. The highest BCUT2D eigenvalue weighted by atomic mass is 32.2. The predicted octanol–water partition coefficient (Wildman–Crippen LogP) is 3.77. The lowest BCUT2D eigenvalue weighted by molar-refractivity contribution is -0.296. The zero-order valence-corrected chi connectivity index (χ0v) is 16.5. The molecule has 3 heterocycles. The second kappa shape index (κ2) is 9.42. The van der Waals surface area contributed by atoms with Gasteiger partial charge in [0.15, 0.2) is 5.79 Å². The first-order valence-electron chi connectivity index (χ1n) is 9.97. The van der Waals surface area contributed by atoms with Gasteiger partial charge in [-0.25, -0.2) is 0 Å². The average molecular weight is 386 g/mol. The number of fused-ring (bicyclic) bond motifs is 2. The van der Waals surface area contributed by atoms with E-state index in [1.807, 2.05) is 0 Å². The molecule has 0 spiro atoms. The Morgan fingerprint density at radius 2 is 1.81 bits per heavy atom. The Morgan fingerprint density at radius 1 is 1.08 bits per heavy atom. The fourth-order valence-corrected chi connectivity index (χ4v) is 5.11. The summed E-state index contributed by atoms with van der Waals surface area (Å²) in [4.78, 5) is 23.9. The van der Waals surface area contributed by atoms with Gasteiger partial charge >= 0.3 is 5.97 Å². The third-order valence-corrected chi connectivity index (χ3v) is 6.54. The molecule has 7 heteroatoms. The molecule has 3 rings (SSSR count). The fraction of sp³-hybridized carbons (Fsp3) is 0.895. The summed E-state index contributed by atoms with van der Waals surface area (Å²) in [6.07, 6.45) is 10.4. The van der Waals surface area contributed by atoms with Crippen molar-refractivity contribution in [1.82, 2.24) is 5.32 Å². The molecule has 0 aromatic rings. The summed E-state index contributed by atoms with van der Waals surface area (Å²) in [6, 6.07) is -0.215. The van der Waals surface area contributed by atoms with Crippen LogP contribution >= 0.6 is 11.8 Å². The number of carbonyl (C=O) groups is 2. The van der Waals surface area contributed by atoms with Gasteiger partial charge in [-0.3, -0.25) is 9.59 Å². The van der Waals surface area contributed by atoms with Gasteiger partial charge < -0.3 is 19.5 Å². The number of nitrogens with one attached hydrogen (secondary N) is 1. The van der Waals surface area contributed by atoms with Gasteiger partial charge in [0.05, 0.1) is 12.1 Å². The third-order valence-electron chi connectivity index (χ3n) is 5.66. The van der Waals surface area contributed by atoms with E-state index >= 15 is 0 Å². The highest BCUT2D eigenvalue weighted by Crippen LogP contribution is 2.39. The van der Waals surface area contributed by atoms with E-state index in [1.165, 1.54) is 37.4 Å². The van der Waals surface area contributed by atoms with E-state index in [4.69, 9.17) is 14.2 Å². The molecule has 4 atom stereocenters. The molecule has 0 radical (unpaired) electrons. The first-order valence-corrected chi connectivity index (χ1v) is 11.0. The zero-order chi connectivity index (χ0) is 18.4. The third kappa shape index (κ3) is 5.14. The Morgan fingerprint density at radius 3 is 2.50 bits per heavy atom. The summed E-state index contributed by atoms with van der Waals surface area (Å²) in [5.41, 5.74) is 0. The molecule has 2 bridgehead atoms. The Bertz CT molecular complexity index is 502. The highest BCUT2D eigenvalue weighted by Gasteiger charge is 2.51. The first kappa shape index (κ1) is 20.0. The number of esters is 1. The van der Waals surface area contributed by atoms with Crippen molar-refractivity contribution in [2.45, 2.75) is 94.7 Å². The van der Waals surface area contributed by atoms with Gasteiger partial charge in [-0.1, -0.05) is 50.3 Å². The van der Waals surface area contributed by atoms with Gasteiger partial charge in [0.1, 0.15) is 6.10 Å². The van der Waals surface area contributed by atoms with Crippen molar-refractivity contribution < 1.29 is 23.8 Å². The largest absolute Gasteiger partial charge is 0.462 e. The van der Waals surface area contributed by atoms with E-state index in [-0.39, 0.29) is 29.5 Å². The first-order chi connectivity index (χ1) is 12.6. The molecule has 6 nitrogen and oxygen atoms in total.